The van der Waals surface area contributed by atoms with Crippen molar-refractivity contribution in [2.75, 3.05) is 7.05 Å². The quantitative estimate of drug-likeness (QED) is 0.781. The van der Waals surface area contributed by atoms with E-state index in [1.807, 2.05) is 7.05 Å². The lowest BCUT2D eigenvalue weighted by atomic mass is 10.1. The molecule has 1 N–H and O–H groups in total. The summed E-state index contributed by atoms with van der Waals surface area (Å²) in [5, 5.41) is 8.58. The van der Waals surface area contributed by atoms with Crippen molar-refractivity contribution < 1.29 is 4.52 Å². The molecular formula is C16H18N4O. The molecule has 3 aromatic rings. The normalized spacial score (nSPS) is 14.9. The molecule has 0 spiro atoms. The number of fused-ring (bicyclic) bond motifs is 1. The van der Waals surface area contributed by atoms with Crippen LogP contribution in [0.1, 0.15) is 36.0 Å². The average molecular weight is 282 g/mol. The lowest BCUT2D eigenvalue weighted by molar-refractivity contribution is 0.373. The summed E-state index contributed by atoms with van der Waals surface area (Å²) < 4.78 is 7.54. The number of hydrogen-bond acceptors (Lipinski definition) is 4. The molecule has 0 bridgehead atoms. The van der Waals surface area contributed by atoms with Gasteiger partial charge in [-0.25, -0.2) is 0 Å². The zero-order valence-corrected chi connectivity index (χ0v) is 12.0. The van der Waals surface area contributed by atoms with Crippen LogP contribution in [0.25, 0.3) is 10.9 Å². The van der Waals surface area contributed by atoms with E-state index >= 15 is 0 Å². The lowest BCUT2D eigenvalue weighted by Crippen LogP contribution is -2.08. The predicted octanol–water partition coefficient (Wildman–Crippen LogP) is 2.67. The molecule has 1 saturated carbocycles. The summed E-state index contributed by atoms with van der Waals surface area (Å²) in [6, 6.07) is 8.52. The van der Waals surface area contributed by atoms with Crippen LogP contribution in [0.4, 0.5) is 0 Å². The van der Waals surface area contributed by atoms with Crippen molar-refractivity contribution in [3.63, 3.8) is 0 Å². The van der Waals surface area contributed by atoms with Gasteiger partial charge in [0.15, 0.2) is 5.82 Å². The number of para-hydroxylation sites is 1. The zero-order valence-electron chi connectivity index (χ0n) is 12.0. The SMILES string of the molecule is CNCc1cccc2ccn(Cc3noc(C4CC4)n3)c12. The van der Waals surface area contributed by atoms with E-state index in [1.54, 1.807) is 0 Å². The molecule has 1 fully saturated rings. The van der Waals surface area contributed by atoms with Crippen molar-refractivity contribution in [2.45, 2.75) is 31.8 Å². The molecule has 2 aromatic heterocycles. The molecule has 2 heterocycles. The van der Waals surface area contributed by atoms with Crippen LogP contribution in [0.2, 0.25) is 0 Å². The first-order valence-corrected chi connectivity index (χ1v) is 7.39. The molecule has 0 aliphatic heterocycles. The highest BCUT2D eigenvalue weighted by Gasteiger charge is 2.29. The van der Waals surface area contributed by atoms with Crippen molar-refractivity contribution in [1.29, 1.82) is 0 Å². The summed E-state index contributed by atoms with van der Waals surface area (Å²) in [5.41, 5.74) is 2.52. The number of hydrogen-bond donors (Lipinski definition) is 1. The fraction of sp³-hybridized carbons (Fsp3) is 0.375. The Hall–Kier alpha value is -2.14. The molecule has 0 atom stereocenters. The number of nitrogens with zero attached hydrogens (tertiary/aromatic N) is 3. The molecule has 1 aromatic carbocycles. The molecule has 0 saturated heterocycles. The average Bonchev–Trinajstić information content (AvgIpc) is 3.11. The van der Waals surface area contributed by atoms with Crippen LogP contribution in [0.15, 0.2) is 35.0 Å². The zero-order chi connectivity index (χ0) is 14.2. The maximum atomic E-state index is 5.34. The van der Waals surface area contributed by atoms with Gasteiger partial charge in [-0.2, -0.15) is 4.98 Å². The first-order chi connectivity index (χ1) is 10.3. The van der Waals surface area contributed by atoms with Crippen LogP contribution in [-0.2, 0) is 13.1 Å². The van der Waals surface area contributed by atoms with Crippen LogP contribution >= 0.6 is 0 Å². The van der Waals surface area contributed by atoms with Gasteiger partial charge < -0.3 is 14.4 Å². The minimum absolute atomic E-state index is 0.507. The van der Waals surface area contributed by atoms with Crippen molar-refractivity contribution in [2.24, 2.45) is 0 Å². The van der Waals surface area contributed by atoms with E-state index < -0.39 is 0 Å². The third kappa shape index (κ3) is 2.34. The third-order valence-electron chi connectivity index (χ3n) is 3.96. The van der Waals surface area contributed by atoms with Gasteiger partial charge in [-0.05, 0) is 36.9 Å². The van der Waals surface area contributed by atoms with Crippen molar-refractivity contribution in [3.8, 4) is 0 Å². The van der Waals surface area contributed by atoms with Gasteiger partial charge >= 0.3 is 0 Å². The number of rotatable bonds is 5. The second-order valence-electron chi connectivity index (χ2n) is 5.65. The van der Waals surface area contributed by atoms with E-state index in [1.165, 1.54) is 29.3 Å². The number of benzene rings is 1. The minimum atomic E-state index is 0.507. The van der Waals surface area contributed by atoms with Gasteiger partial charge in [0.1, 0.15) is 0 Å². The Labute approximate surface area is 123 Å². The van der Waals surface area contributed by atoms with E-state index in [0.29, 0.717) is 12.5 Å². The summed E-state index contributed by atoms with van der Waals surface area (Å²) in [7, 11) is 1.97. The van der Waals surface area contributed by atoms with Crippen molar-refractivity contribution >= 4 is 10.9 Å². The lowest BCUT2D eigenvalue weighted by Gasteiger charge is -2.07. The summed E-state index contributed by atoms with van der Waals surface area (Å²) in [5.74, 6) is 2.07. The van der Waals surface area contributed by atoms with E-state index in [9.17, 15) is 0 Å². The van der Waals surface area contributed by atoms with Gasteiger partial charge in [0.25, 0.3) is 0 Å². The topological polar surface area (TPSA) is 55.9 Å². The molecule has 5 heteroatoms. The highest BCUT2D eigenvalue weighted by atomic mass is 16.5. The minimum Gasteiger partial charge on any atom is -0.339 e. The second-order valence-corrected chi connectivity index (χ2v) is 5.65. The molecule has 1 aliphatic rings. The summed E-state index contributed by atoms with van der Waals surface area (Å²) in [6.07, 6.45) is 4.46. The molecule has 0 radical (unpaired) electrons. The Balaban J connectivity index is 1.68. The number of nitrogens with one attached hydrogen (secondary N) is 1. The van der Waals surface area contributed by atoms with Crippen LogP contribution in [0, 0.1) is 0 Å². The van der Waals surface area contributed by atoms with Crippen LogP contribution < -0.4 is 5.32 Å². The van der Waals surface area contributed by atoms with E-state index in [0.717, 1.165) is 18.3 Å². The first kappa shape index (κ1) is 12.6. The smallest absolute Gasteiger partial charge is 0.229 e. The standard InChI is InChI=1S/C16H18N4O/c1-17-9-13-4-2-3-11-7-8-20(15(11)13)10-14-18-16(21-19-14)12-5-6-12/h2-4,7-8,12,17H,5-6,9-10H2,1H3. The second kappa shape index (κ2) is 5.00. The Bertz CT molecular complexity index is 770. The van der Waals surface area contributed by atoms with Crippen molar-refractivity contribution in [1.82, 2.24) is 20.0 Å². The first-order valence-electron chi connectivity index (χ1n) is 7.39. The van der Waals surface area contributed by atoms with Crippen molar-refractivity contribution in [3.05, 3.63) is 47.7 Å². The van der Waals surface area contributed by atoms with Crippen LogP contribution in [0.3, 0.4) is 0 Å². The maximum Gasteiger partial charge on any atom is 0.229 e. The van der Waals surface area contributed by atoms with E-state index in [-0.39, 0.29) is 0 Å². The largest absolute Gasteiger partial charge is 0.339 e. The molecule has 4 rings (SSSR count). The summed E-state index contributed by atoms with van der Waals surface area (Å²) >= 11 is 0. The number of aromatic nitrogens is 3. The Morgan fingerprint density at radius 1 is 1.33 bits per heavy atom. The van der Waals surface area contributed by atoms with E-state index in [2.05, 4.69) is 50.5 Å². The fourth-order valence-corrected chi connectivity index (χ4v) is 2.79. The van der Waals surface area contributed by atoms with Gasteiger partial charge in [-0.3, -0.25) is 0 Å². The molecule has 21 heavy (non-hydrogen) atoms. The predicted molar refractivity (Wildman–Crippen MR) is 80.1 cm³/mol. The van der Waals surface area contributed by atoms with Crippen LogP contribution in [-0.4, -0.2) is 21.8 Å². The van der Waals surface area contributed by atoms with Gasteiger partial charge in [0.05, 0.1) is 12.1 Å². The molecule has 1 aliphatic carbocycles. The van der Waals surface area contributed by atoms with Gasteiger partial charge in [0, 0.05) is 18.7 Å². The highest BCUT2D eigenvalue weighted by Crippen LogP contribution is 2.38. The maximum absolute atomic E-state index is 5.34. The summed E-state index contributed by atoms with van der Waals surface area (Å²) in [4.78, 5) is 4.52. The Morgan fingerprint density at radius 2 is 2.24 bits per heavy atom. The summed E-state index contributed by atoms with van der Waals surface area (Å²) in [6.45, 7) is 1.50. The Morgan fingerprint density at radius 3 is 3.05 bits per heavy atom. The monoisotopic (exact) mass is 282 g/mol. The van der Waals surface area contributed by atoms with Gasteiger partial charge in [-0.1, -0.05) is 23.4 Å². The van der Waals surface area contributed by atoms with Gasteiger partial charge in [-0.15, -0.1) is 0 Å². The molecular weight excluding hydrogens is 264 g/mol. The molecule has 5 nitrogen and oxygen atoms in total. The molecule has 0 unspecified atom stereocenters. The van der Waals surface area contributed by atoms with Gasteiger partial charge in [0.2, 0.25) is 5.89 Å². The molecule has 108 valence electrons. The molecule has 0 amide bonds. The Kier molecular flexibility index (Phi) is 3.00. The van der Waals surface area contributed by atoms with E-state index in [4.69, 9.17) is 4.52 Å². The van der Waals surface area contributed by atoms with Crippen LogP contribution in [0.5, 0.6) is 0 Å². The highest BCUT2D eigenvalue weighted by molar-refractivity contribution is 5.83. The fourth-order valence-electron chi connectivity index (χ4n) is 2.79. The third-order valence-corrected chi connectivity index (χ3v) is 3.96.